The first-order valence-corrected chi connectivity index (χ1v) is 5.49. The highest BCUT2D eigenvalue weighted by atomic mass is 35.5. The normalized spacial score (nSPS) is 26.4. The van der Waals surface area contributed by atoms with E-state index in [1.54, 1.807) is 6.92 Å². The van der Waals surface area contributed by atoms with Crippen LogP contribution in [0.1, 0.15) is 19.8 Å². The van der Waals surface area contributed by atoms with E-state index in [-0.39, 0.29) is 38.3 Å². The van der Waals surface area contributed by atoms with Crippen molar-refractivity contribution >= 4 is 18.3 Å². The molecule has 2 atom stereocenters. The maximum absolute atomic E-state index is 12.6. The topological polar surface area (TPSA) is 66.6 Å². The summed E-state index contributed by atoms with van der Waals surface area (Å²) in [5.74, 6) is -0.958. The number of nitrogens with zero attached hydrogens (tertiary/aromatic N) is 1. The molecular formula is C10H18ClF3N2O2. The number of carbonyl (C=O) groups is 1. The minimum atomic E-state index is -4.71. The molecule has 1 amide bonds. The number of hydrogen-bond acceptors (Lipinski definition) is 3. The van der Waals surface area contributed by atoms with Crippen molar-refractivity contribution in [2.75, 3.05) is 19.6 Å². The van der Waals surface area contributed by atoms with Crippen LogP contribution in [-0.2, 0) is 4.79 Å². The maximum Gasteiger partial charge on any atom is 0.418 e. The first-order valence-electron chi connectivity index (χ1n) is 5.49. The SMILES string of the molecule is CC(CN)C(=O)N1CCCC(O)(C(F)(F)F)C1.Cl. The van der Waals surface area contributed by atoms with Crippen molar-refractivity contribution in [1.82, 2.24) is 4.90 Å². The van der Waals surface area contributed by atoms with E-state index in [2.05, 4.69) is 0 Å². The van der Waals surface area contributed by atoms with Crippen molar-refractivity contribution in [3.8, 4) is 0 Å². The predicted molar refractivity (Wildman–Crippen MR) is 62.3 cm³/mol. The van der Waals surface area contributed by atoms with Gasteiger partial charge < -0.3 is 15.7 Å². The van der Waals surface area contributed by atoms with Crippen LogP contribution in [0, 0.1) is 5.92 Å². The van der Waals surface area contributed by atoms with E-state index in [9.17, 15) is 23.1 Å². The average Bonchev–Trinajstić information content (AvgIpc) is 2.25. The van der Waals surface area contributed by atoms with Gasteiger partial charge in [0.15, 0.2) is 5.60 Å². The van der Waals surface area contributed by atoms with Gasteiger partial charge in [-0.3, -0.25) is 4.79 Å². The number of halogens is 4. The van der Waals surface area contributed by atoms with Crippen LogP contribution in [0.5, 0.6) is 0 Å². The smallest absolute Gasteiger partial charge is 0.379 e. The van der Waals surface area contributed by atoms with Crippen molar-refractivity contribution in [2.45, 2.75) is 31.5 Å². The molecule has 1 fully saturated rings. The fraction of sp³-hybridized carbons (Fsp3) is 0.900. The number of likely N-dealkylation sites (tertiary alicyclic amines) is 1. The van der Waals surface area contributed by atoms with Crippen LogP contribution in [0.4, 0.5) is 13.2 Å². The summed E-state index contributed by atoms with van der Waals surface area (Å²) >= 11 is 0. The van der Waals surface area contributed by atoms with Gasteiger partial charge in [-0.25, -0.2) is 0 Å². The third-order valence-electron chi connectivity index (χ3n) is 3.09. The summed E-state index contributed by atoms with van der Waals surface area (Å²) in [6, 6.07) is 0. The van der Waals surface area contributed by atoms with Gasteiger partial charge >= 0.3 is 6.18 Å². The average molecular weight is 291 g/mol. The van der Waals surface area contributed by atoms with E-state index < -0.39 is 30.1 Å². The van der Waals surface area contributed by atoms with Crippen LogP contribution in [0.3, 0.4) is 0 Å². The van der Waals surface area contributed by atoms with Gasteiger partial charge in [0.25, 0.3) is 0 Å². The number of nitrogens with two attached hydrogens (primary N) is 1. The van der Waals surface area contributed by atoms with Gasteiger partial charge in [-0.2, -0.15) is 13.2 Å². The minimum absolute atomic E-state index is 0. The summed E-state index contributed by atoms with van der Waals surface area (Å²) in [5, 5.41) is 9.53. The van der Waals surface area contributed by atoms with E-state index >= 15 is 0 Å². The van der Waals surface area contributed by atoms with Gasteiger partial charge in [-0.1, -0.05) is 6.92 Å². The molecule has 8 heteroatoms. The second-order valence-electron chi connectivity index (χ2n) is 4.53. The number of alkyl halides is 3. The summed E-state index contributed by atoms with van der Waals surface area (Å²) in [4.78, 5) is 12.8. The number of piperidine rings is 1. The van der Waals surface area contributed by atoms with E-state index in [1.807, 2.05) is 0 Å². The third kappa shape index (κ3) is 3.49. The predicted octanol–water partition coefficient (Wildman–Crippen LogP) is 0.919. The fourth-order valence-electron chi connectivity index (χ4n) is 1.87. The second kappa shape index (κ2) is 6.08. The molecule has 0 aromatic carbocycles. The number of amides is 1. The Bertz CT molecular complexity index is 301. The molecule has 0 aromatic heterocycles. The lowest BCUT2D eigenvalue weighted by Gasteiger charge is -2.40. The first-order chi connectivity index (χ1) is 7.71. The Hall–Kier alpha value is -0.530. The Balaban J connectivity index is 0.00000289. The Morgan fingerprint density at radius 3 is 2.56 bits per heavy atom. The Morgan fingerprint density at radius 1 is 1.56 bits per heavy atom. The second-order valence-corrected chi connectivity index (χ2v) is 4.53. The van der Waals surface area contributed by atoms with Gasteiger partial charge in [-0.05, 0) is 12.8 Å². The largest absolute Gasteiger partial charge is 0.418 e. The van der Waals surface area contributed by atoms with Crippen molar-refractivity contribution in [3.05, 3.63) is 0 Å². The molecule has 0 bridgehead atoms. The highest BCUT2D eigenvalue weighted by Crippen LogP contribution is 2.37. The van der Waals surface area contributed by atoms with E-state index in [4.69, 9.17) is 5.73 Å². The van der Waals surface area contributed by atoms with Crippen molar-refractivity contribution in [3.63, 3.8) is 0 Å². The van der Waals surface area contributed by atoms with E-state index in [0.717, 1.165) is 4.90 Å². The van der Waals surface area contributed by atoms with Crippen LogP contribution in [-0.4, -0.2) is 47.3 Å². The molecule has 0 aromatic rings. The Kier molecular flexibility index (Phi) is 5.90. The van der Waals surface area contributed by atoms with Crippen molar-refractivity contribution < 1.29 is 23.1 Å². The molecule has 18 heavy (non-hydrogen) atoms. The van der Waals surface area contributed by atoms with E-state index in [1.165, 1.54) is 0 Å². The fourth-order valence-corrected chi connectivity index (χ4v) is 1.87. The zero-order valence-corrected chi connectivity index (χ0v) is 10.9. The van der Waals surface area contributed by atoms with Gasteiger partial charge in [0.1, 0.15) is 0 Å². The van der Waals surface area contributed by atoms with Gasteiger partial charge in [0, 0.05) is 19.0 Å². The standard InChI is InChI=1S/C10H17F3N2O2.ClH/c1-7(5-14)8(16)15-4-2-3-9(17,6-15)10(11,12)13;/h7,17H,2-6,14H2,1H3;1H. The summed E-state index contributed by atoms with van der Waals surface area (Å²) in [6.45, 7) is 1.19. The molecule has 1 heterocycles. The summed E-state index contributed by atoms with van der Waals surface area (Å²) in [7, 11) is 0. The van der Waals surface area contributed by atoms with Gasteiger partial charge in [0.05, 0.1) is 6.54 Å². The lowest BCUT2D eigenvalue weighted by atomic mass is 9.91. The quantitative estimate of drug-likeness (QED) is 0.795. The molecule has 2 unspecified atom stereocenters. The van der Waals surface area contributed by atoms with Crippen molar-refractivity contribution in [1.29, 1.82) is 0 Å². The number of β-amino-alcohol motifs (C(OH)–C–C–N with tert-alkyl or cyclic N) is 1. The molecule has 0 saturated carbocycles. The Labute approximate surface area is 110 Å². The maximum atomic E-state index is 12.6. The molecule has 108 valence electrons. The number of hydrogen-bond donors (Lipinski definition) is 2. The molecule has 1 rings (SSSR count). The Morgan fingerprint density at radius 2 is 2.11 bits per heavy atom. The summed E-state index contributed by atoms with van der Waals surface area (Å²) in [6.07, 6.45) is -4.94. The lowest BCUT2D eigenvalue weighted by Crippen LogP contribution is -2.59. The minimum Gasteiger partial charge on any atom is -0.379 e. The molecule has 4 nitrogen and oxygen atoms in total. The molecule has 0 radical (unpaired) electrons. The van der Waals surface area contributed by atoms with Crippen LogP contribution >= 0.6 is 12.4 Å². The first kappa shape index (κ1) is 17.5. The third-order valence-corrected chi connectivity index (χ3v) is 3.09. The number of rotatable bonds is 2. The van der Waals surface area contributed by atoms with E-state index in [0.29, 0.717) is 0 Å². The highest BCUT2D eigenvalue weighted by molar-refractivity contribution is 5.85. The molecule has 1 saturated heterocycles. The van der Waals surface area contributed by atoms with Crippen LogP contribution in [0.25, 0.3) is 0 Å². The number of carbonyl (C=O) groups excluding carboxylic acids is 1. The molecule has 0 aliphatic carbocycles. The van der Waals surface area contributed by atoms with Crippen LogP contribution in [0.2, 0.25) is 0 Å². The zero-order chi connectivity index (χ0) is 13.3. The summed E-state index contributed by atoms with van der Waals surface area (Å²) in [5.41, 5.74) is 2.52. The van der Waals surface area contributed by atoms with Crippen molar-refractivity contribution in [2.24, 2.45) is 11.7 Å². The van der Waals surface area contributed by atoms with Crippen LogP contribution < -0.4 is 5.73 Å². The monoisotopic (exact) mass is 290 g/mol. The van der Waals surface area contributed by atoms with Crippen LogP contribution in [0.15, 0.2) is 0 Å². The van der Waals surface area contributed by atoms with Gasteiger partial charge in [0.2, 0.25) is 5.91 Å². The highest BCUT2D eigenvalue weighted by Gasteiger charge is 2.56. The lowest BCUT2D eigenvalue weighted by molar-refractivity contribution is -0.272. The number of aliphatic hydroxyl groups is 1. The zero-order valence-electron chi connectivity index (χ0n) is 10.0. The molecular weight excluding hydrogens is 273 g/mol. The molecule has 0 spiro atoms. The molecule has 1 aliphatic rings. The molecule has 1 aliphatic heterocycles. The molecule has 3 N–H and O–H groups in total. The summed E-state index contributed by atoms with van der Waals surface area (Å²) < 4.78 is 37.9. The van der Waals surface area contributed by atoms with Gasteiger partial charge in [-0.15, -0.1) is 12.4 Å².